The van der Waals surface area contributed by atoms with Crippen LogP contribution >= 0.6 is 0 Å². The van der Waals surface area contributed by atoms with E-state index in [0.29, 0.717) is 23.1 Å². The number of H-pyrrole nitrogens is 1. The molecule has 0 saturated heterocycles. The van der Waals surface area contributed by atoms with Crippen molar-refractivity contribution in [1.82, 2.24) is 14.9 Å². The summed E-state index contributed by atoms with van der Waals surface area (Å²) in [5.74, 6) is -2.14. The van der Waals surface area contributed by atoms with Crippen LogP contribution in [0.25, 0.3) is 10.9 Å². The molecule has 5 rings (SSSR count). The number of para-hydroxylation sites is 1. The quantitative estimate of drug-likeness (QED) is 0.303. The van der Waals surface area contributed by atoms with Gasteiger partial charge in [-0.25, -0.2) is 4.79 Å². The first-order valence-corrected chi connectivity index (χ1v) is 11.4. The van der Waals surface area contributed by atoms with Crippen molar-refractivity contribution in [3.05, 3.63) is 113 Å². The monoisotopic (exact) mass is 481 g/mol. The highest BCUT2D eigenvalue weighted by molar-refractivity contribution is 6.16. The average molecular weight is 482 g/mol. The minimum atomic E-state index is -0.824. The summed E-state index contributed by atoms with van der Waals surface area (Å²) in [5.41, 5.74) is 3.25. The molecule has 36 heavy (non-hydrogen) atoms. The van der Waals surface area contributed by atoms with E-state index >= 15 is 0 Å². The molecule has 4 aromatic rings. The van der Waals surface area contributed by atoms with E-state index in [4.69, 9.17) is 4.74 Å². The fourth-order valence-corrected chi connectivity index (χ4v) is 4.62. The van der Waals surface area contributed by atoms with Crippen LogP contribution in [0.5, 0.6) is 0 Å². The Bertz CT molecular complexity index is 1490. The number of Topliss-reactive ketones (excluding diaryl/α,β-unsaturated/α-hetero) is 1. The third kappa shape index (κ3) is 4.02. The van der Waals surface area contributed by atoms with Gasteiger partial charge in [-0.3, -0.25) is 14.6 Å². The number of nitrogens with zero attached hydrogens (tertiary/aromatic N) is 2. The minimum Gasteiger partial charge on any atom is -0.503 e. The molecule has 0 bridgehead atoms. The van der Waals surface area contributed by atoms with E-state index in [1.807, 2.05) is 30.5 Å². The number of benzene rings is 2. The van der Waals surface area contributed by atoms with Crippen molar-refractivity contribution >= 4 is 28.6 Å². The molecular weight excluding hydrogens is 458 g/mol. The van der Waals surface area contributed by atoms with Gasteiger partial charge in [0.1, 0.15) is 0 Å². The molecule has 8 heteroatoms. The maximum absolute atomic E-state index is 13.5. The fraction of sp³-hybridized carbons (Fsp3) is 0.143. The first kappa shape index (κ1) is 23.0. The highest BCUT2D eigenvalue weighted by Gasteiger charge is 2.43. The summed E-state index contributed by atoms with van der Waals surface area (Å²) in [7, 11) is 1.30. The van der Waals surface area contributed by atoms with Gasteiger partial charge in [0, 0.05) is 41.6 Å². The first-order chi connectivity index (χ1) is 17.5. The van der Waals surface area contributed by atoms with E-state index < -0.39 is 29.5 Å². The number of nitrogens with one attached hydrogen (secondary N) is 1. The Kier molecular flexibility index (Phi) is 6.08. The van der Waals surface area contributed by atoms with Gasteiger partial charge < -0.3 is 19.7 Å². The lowest BCUT2D eigenvalue weighted by Crippen LogP contribution is -2.33. The van der Waals surface area contributed by atoms with Crippen LogP contribution in [0, 0.1) is 0 Å². The number of amides is 1. The van der Waals surface area contributed by atoms with Gasteiger partial charge >= 0.3 is 5.97 Å². The topological polar surface area (TPSA) is 113 Å². The summed E-state index contributed by atoms with van der Waals surface area (Å²) in [5, 5.41) is 11.9. The number of aromatic nitrogens is 2. The van der Waals surface area contributed by atoms with E-state index in [9.17, 15) is 19.5 Å². The Morgan fingerprint density at radius 3 is 2.47 bits per heavy atom. The molecule has 1 unspecified atom stereocenters. The summed E-state index contributed by atoms with van der Waals surface area (Å²) >= 11 is 0. The number of ether oxygens (including phenoxy) is 1. The van der Waals surface area contributed by atoms with E-state index in [2.05, 4.69) is 9.97 Å². The molecule has 2 aromatic heterocycles. The first-order valence-electron chi connectivity index (χ1n) is 11.4. The Morgan fingerprint density at radius 1 is 1.03 bits per heavy atom. The number of aromatic amines is 1. The number of pyridine rings is 1. The molecule has 0 fully saturated rings. The predicted molar refractivity (Wildman–Crippen MR) is 132 cm³/mol. The Balaban J connectivity index is 1.52. The smallest absolute Gasteiger partial charge is 0.337 e. The number of aliphatic hydroxyl groups is 1. The Labute approximate surface area is 206 Å². The summed E-state index contributed by atoms with van der Waals surface area (Å²) in [4.78, 5) is 47.3. The van der Waals surface area contributed by atoms with Crippen molar-refractivity contribution in [2.45, 2.75) is 12.5 Å². The number of esters is 1. The zero-order valence-electron chi connectivity index (χ0n) is 19.5. The van der Waals surface area contributed by atoms with Crippen molar-refractivity contribution in [1.29, 1.82) is 0 Å². The third-order valence-corrected chi connectivity index (χ3v) is 6.44. The van der Waals surface area contributed by atoms with E-state index in [1.165, 1.54) is 24.4 Å². The number of rotatable bonds is 7. The second kappa shape index (κ2) is 9.50. The van der Waals surface area contributed by atoms with Gasteiger partial charge in [0.2, 0.25) is 0 Å². The molecule has 3 heterocycles. The fourth-order valence-electron chi connectivity index (χ4n) is 4.62. The predicted octanol–water partition coefficient (Wildman–Crippen LogP) is 4.17. The van der Waals surface area contributed by atoms with Crippen molar-refractivity contribution in [3.63, 3.8) is 0 Å². The van der Waals surface area contributed by atoms with Crippen molar-refractivity contribution < 1.29 is 24.2 Å². The number of carbonyl (C=O) groups is 3. The Morgan fingerprint density at radius 2 is 1.75 bits per heavy atom. The summed E-state index contributed by atoms with van der Waals surface area (Å²) in [6, 6.07) is 16.6. The van der Waals surface area contributed by atoms with Crippen LogP contribution in [0.1, 0.15) is 37.9 Å². The van der Waals surface area contributed by atoms with Gasteiger partial charge in [-0.15, -0.1) is 0 Å². The number of hydrogen-bond donors (Lipinski definition) is 2. The molecule has 0 spiro atoms. The van der Waals surface area contributed by atoms with Crippen LogP contribution in [-0.2, 0) is 16.0 Å². The van der Waals surface area contributed by atoms with Crippen LogP contribution in [0.3, 0.4) is 0 Å². The highest BCUT2D eigenvalue weighted by Crippen LogP contribution is 2.39. The summed E-state index contributed by atoms with van der Waals surface area (Å²) < 4.78 is 4.77. The lowest BCUT2D eigenvalue weighted by atomic mass is 9.92. The van der Waals surface area contributed by atoms with Crippen LogP contribution in [0.2, 0.25) is 0 Å². The lowest BCUT2D eigenvalue weighted by Gasteiger charge is -2.27. The molecule has 180 valence electrons. The van der Waals surface area contributed by atoms with Crippen LogP contribution in [0.15, 0.2) is 90.6 Å². The molecule has 2 aromatic carbocycles. The van der Waals surface area contributed by atoms with E-state index in [1.54, 1.807) is 36.4 Å². The maximum Gasteiger partial charge on any atom is 0.337 e. The third-order valence-electron chi connectivity index (χ3n) is 6.44. The number of fused-ring (bicyclic) bond motifs is 1. The van der Waals surface area contributed by atoms with Crippen molar-refractivity contribution in [2.75, 3.05) is 13.7 Å². The van der Waals surface area contributed by atoms with Gasteiger partial charge in [-0.2, -0.15) is 0 Å². The standard InChI is InChI=1S/C28H23N3O5/c1-36-28(35)19-8-6-17(7-9-19)24-23(25(32)18-10-13-29-14-11-18)26(33)27(34)31(24)15-12-20-16-30-22-5-3-2-4-21(20)22/h2-11,13-14,16,24,30,33H,12,15H2,1H3. The lowest BCUT2D eigenvalue weighted by molar-refractivity contribution is -0.129. The molecule has 1 amide bonds. The van der Waals surface area contributed by atoms with Gasteiger partial charge in [-0.1, -0.05) is 30.3 Å². The number of methoxy groups -OCH3 is 1. The molecule has 0 radical (unpaired) electrons. The number of ketones is 1. The molecule has 0 aliphatic carbocycles. The maximum atomic E-state index is 13.5. The zero-order chi connectivity index (χ0) is 25.2. The normalized spacial score (nSPS) is 15.5. The summed E-state index contributed by atoms with van der Waals surface area (Å²) in [6.45, 7) is 0.265. The highest BCUT2D eigenvalue weighted by atomic mass is 16.5. The number of aliphatic hydroxyl groups excluding tert-OH is 1. The number of carbonyl (C=O) groups excluding carboxylic acids is 3. The van der Waals surface area contributed by atoms with Gasteiger partial charge in [-0.05, 0) is 47.9 Å². The molecule has 0 saturated carbocycles. The molecule has 1 aliphatic heterocycles. The van der Waals surface area contributed by atoms with Crippen LogP contribution < -0.4 is 0 Å². The zero-order valence-corrected chi connectivity index (χ0v) is 19.5. The van der Waals surface area contributed by atoms with Crippen molar-refractivity contribution in [2.24, 2.45) is 0 Å². The van der Waals surface area contributed by atoms with E-state index in [0.717, 1.165) is 16.5 Å². The van der Waals surface area contributed by atoms with Gasteiger partial charge in [0.25, 0.3) is 5.91 Å². The second-order valence-electron chi connectivity index (χ2n) is 8.45. The number of hydrogen-bond acceptors (Lipinski definition) is 6. The van der Waals surface area contributed by atoms with E-state index in [-0.39, 0.29) is 12.1 Å². The second-order valence-corrected chi connectivity index (χ2v) is 8.45. The molecular formula is C28H23N3O5. The Hall–Kier alpha value is -4.72. The summed E-state index contributed by atoms with van der Waals surface area (Å²) in [6.07, 6.45) is 5.38. The van der Waals surface area contributed by atoms with Crippen LogP contribution in [0.4, 0.5) is 0 Å². The molecule has 8 nitrogen and oxygen atoms in total. The molecule has 1 atom stereocenters. The molecule has 1 aliphatic rings. The average Bonchev–Trinajstić information content (AvgIpc) is 3.45. The van der Waals surface area contributed by atoms with Crippen molar-refractivity contribution in [3.8, 4) is 0 Å². The van der Waals surface area contributed by atoms with Crippen LogP contribution in [-0.4, -0.2) is 51.3 Å². The minimum absolute atomic E-state index is 0.00375. The largest absolute Gasteiger partial charge is 0.503 e. The SMILES string of the molecule is COC(=O)c1ccc(C2C(C(=O)c3ccncc3)=C(O)C(=O)N2CCc2c[nH]c3ccccc23)cc1. The van der Waals surface area contributed by atoms with Gasteiger partial charge in [0.15, 0.2) is 11.5 Å². The molecule has 2 N–H and O–H groups in total. The van der Waals surface area contributed by atoms with Gasteiger partial charge in [0.05, 0.1) is 24.3 Å².